The van der Waals surface area contributed by atoms with Gasteiger partial charge in [-0.05, 0) is 43.9 Å². The van der Waals surface area contributed by atoms with Gasteiger partial charge < -0.3 is 4.74 Å². The summed E-state index contributed by atoms with van der Waals surface area (Å²) in [6.07, 6.45) is 6.53. The number of fused-ring (bicyclic) bond motifs is 2. The lowest BCUT2D eigenvalue weighted by molar-refractivity contribution is -0.102. The summed E-state index contributed by atoms with van der Waals surface area (Å²) >= 11 is 5.91. The molecule has 2 aromatic heterocycles. The zero-order valence-corrected chi connectivity index (χ0v) is 14.6. The Morgan fingerprint density at radius 2 is 2.04 bits per heavy atom. The second kappa shape index (κ2) is 6.39. The van der Waals surface area contributed by atoms with Crippen molar-refractivity contribution in [3.05, 3.63) is 52.3 Å². The summed E-state index contributed by atoms with van der Waals surface area (Å²) in [5.74, 6) is 0.825. The molecule has 24 heavy (non-hydrogen) atoms. The van der Waals surface area contributed by atoms with Crippen molar-refractivity contribution >= 4 is 11.6 Å². The average molecular weight is 345 g/mol. The van der Waals surface area contributed by atoms with Gasteiger partial charge in [-0.2, -0.15) is 0 Å². The largest absolute Gasteiger partial charge is 0.368 e. The Balaban J connectivity index is 1.48. The smallest absolute Gasteiger partial charge is 0.125 e. The number of pyridine rings is 1. The van der Waals surface area contributed by atoms with E-state index >= 15 is 0 Å². The Labute approximate surface area is 147 Å². The zero-order valence-electron chi connectivity index (χ0n) is 13.8. The Hall–Kier alpha value is -1.56. The van der Waals surface area contributed by atoms with E-state index in [1.807, 2.05) is 25.3 Å². The first-order valence-electron chi connectivity index (χ1n) is 8.44. The Kier molecular flexibility index (Phi) is 4.24. The van der Waals surface area contributed by atoms with Crippen molar-refractivity contribution in [1.82, 2.24) is 19.9 Å². The van der Waals surface area contributed by atoms with Crippen molar-refractivity contribution in [2.24, 2.45) is 0 Å². The third-order valence-corrected chi connectivity index (χ3v) is 5.23. The third-order valence-electron chi connectivity index (χ3n) is 5.00. The fourth-order valence-electron chi connectivity index (χ4n) is 3.68. The molecule has 1 spiro atoms. The van der Waals surface area contributed by atoms with Crippen LogP contribution in [0.25, 0.3) is 0 Å². The van der Waals surface area contributed by atoms with E-state index in [2.05, 4.69) is 14.9 Å². The topological polar surface area (TPSA) is 51.1 Å². The second-order valence-corrected chi connectivity index (χ2v) is 7.06. The lowest BCUT2D eigenvalue weighted by Gasteiger charge is -2.44. The zero-order chi connectivity index (χ0) is 16.6. The number of aryl methyl sites for hydroxylation is 1. The quantitative estimate of drug-likeness (QED) is 0.838. The van der Waals surface area contributed by atoms with Gasteiger partial charge in [-0.15, -0.1) is 0 Å². The minimum atomic E-state index is -0.231. The van der Waals surface area contributed by atoms with E-state index in [0.29, 0.717) is 5.02 Å². The second-order valence-electron chi connectivity index (χ2n) is 6.63. The number of piperidine rings is 1. The molecular formula is C18H21ClN4O. The van der Waals surface area contributed by atoms with Gasteiger partial charge in [0.2, 0.25) is 0 Å². The van der Waals surface area contributed by atoms with Crippen molar-refractivity contribution in [3.63, 3.8) is 0 Å². The first-order valence-corrected chi connectivity index (χ1v) is 8.82. The van der Waals surface area contributed by atoms with Gasteiger partial charge in [0.15, 0.2) is 0 Å². The van der Waals surface area contributed by atoms with E-state index in [-0.39, 0.29) is 5.60 Å². The Morgan fingerprint density at radius 3 is 2.79 bits per heavy atom. The van der Waals surface area contributed by atoms with E-state index in [1.165, 1.54) is 5.56 Å². The van der Waals surface area contributed by atoms with Crippen LogP contribution >= 0.6 is 11.6 Å². The Morgan fingerprint density at radius 1 is 1.21 bits per heavy atom. The molecule has 126 valence electrons. The van der Waals surface area contributed by atoms with Gasteiger partial charge in [-0.25, -0.2) is 9.97 Å². The van der Waals surface area contributed by atoms with E-state index in [1.54, 1.807) is 6.20 Å². The summed E-state index contributed by atoms with van der Waals surface area (Å²) in [6.45, 7) is 5.52. The molecule has 0 N–H and O–H groups in total. The molecule has 0 saturated carbocycles. The lowest BCUT2D eigenvalue weighted by atomic mass is 9.83. The van der Waals surface area contributed by atoms with E-state index in [9.17, 15) is 0 Å². The molecule has 4 heterocycles. The molecule has 6 heteroatoms. The average Bonchev–Trinajstić information content (AvgIpc) is 2.60. The van der Waals surface area contributed by atoms with Crippen molar-refractivity contribution < 1.29 is 4.74 Å². The number of nitrogens with zero attached hydrogens (tertiary/aromatic N) is 4. The van der Waals surface area contributed by atoms with Gasteiger partial charge in [0.1, 0.15) is 11.4 Å². The molecule has 0 amide bonds. The number of rotatable bonds is 2. The predicted octanol–water partition coefficient (Wildman–Crippen LogP) is 2.90. The number of hydrogen-bond acceptors (Lipinski definition) is 5. The maximum absolute atomic E-state index is 6.25. The predicted molar refractivity (Wildman–Crippen MR) is 91.9 cm³/mol. The summed E-state index contributed by atoms with van der Waals surface area (Å²) in [5.41, 5.74) is 3.19. The van der Waals surface area contributed by atoms with Crippen LogP contribution < -0.4 is 0 Å². The SMILES string of the molecule is Cc1ncc2c(n1)C1(CCN(Cc3ccc(Cl)cn3)CC1)OCC2. The number of aromatic nitrogens is 3. The summed E-state index contributed by atoms with van der Waals surface area (Å²) in [5, 5.41) is 0.679. The summed E-state index contributed by atoms with van der Waals surface area (Å²) in [7, 11) is 0. The molecule has 2 aliphatic rings. The molecule has 0 unspecified atom stereocenters. The highest BCUT2D eigenvalue weighted by molar-refractivity contribution is 6.30. The fraction of sp³-hybridized carbons (Fsp3) is 0.500. The molecule has 4 rings (SSSR count). The highest BCUT2D eigenvalue weighted by atomic mass is 35.5. The van der Waals surface area contributed by atoms with Gasteiger partial charge in [-0.3, -0.25) is 9.88 Å². The van der Waals surface area contributed by atoms with Gasteiger partial charge in [0.05, 0.1) is 23.0 Å². The highest BCUT2D eigenvalue weighted by Gasteiger charge is 2.42. The molecule has 0 bridgehead atoms. The summed E-state index contributed by atoms with van der Waals surface area (Å²) < 4.78 is 6.25. The normalized spacial score (nSPS) is 20.1. The van der Waals surface area contributed by atoms with Crippen LogP contribution in [-0.4, -0.2) is 39.5 Å². The summed E-state index contributed by atoms with van der Waals surface area (Å²) in [6, 6.07) is 3.89. The third kappa shape index (κ3) is 3.04. The van der Waals surface area contributed by atoms with Crippen LogP contribution in [0, 0.1) is 6.92 Å². The number of ether oxygens (including phenoxy) is 1. The van der Waals surface area contributed by atoms with Crippen LogP contribution in [0.15, 0.2) is 24.5 Å². The molecule has 1 saturated heterocycles. The molecule has 0 radical (unpaired) electrons. The first-order chi connectivity index (χ1) is 11.6. The number of hydrogen-bond donors (Lipinski definition) is 0. The maximum atomic E-state index is 6.25. The Bertz CT molecular complexity index is 726. The van der Waals surface area contributed by atoms with Gasteiger partial charge in [0.25, 0.3) is 0 Å². The molecule has 1 fully saturated rings. The first kappa shape index (κ1) is 15.9. The molecule has 2 aromatic rings. The van der Waals surface area contributed by atoms with E-state index in [0.717, 1.165) is 62.7 Å². The fourth-order valence-corrected chi connectivity index (χ4v) is 3.79. The standard InChI is InChI=1S/C18H21ClN4O/c1-13-20-10-14-4-9-24-18(17(14)22-13)5-7-23(8-6-18)12-16-3-2-15(19)11-21-16/h2-3,10-11H,4-9,12H2,1H3. The van der Waals surface area contributed by atoms with Crippen LogP contribution in [0.5, 0.6) is 0 Å². The molecule has 0 aliphatic carbocycles. The lowest BCUT2D eigenvalue weighted by Crippen LogP contribution is -2.47. The van der Waals surface area contributed by atoms with Crippen molar-refractivity contribution in [1.29, 1.82) is 0 Å². The minimum absolute atomic E-state index is 0.231. The van der Waals surface area contributed by atoms with Crippen molar-refractivity contribution in [2.45, 2.75) is 38.3 Å². The maximum Gasteiger partial charge on any atom is 0.125 e. The van der Waals surface area contributed by atoms with Crippen LogP contribution in [-0.2, 0) is 23.3 Å². The van der Waals surface area contributed by atoms with E-state index < -0.39 is 0 Å². The van der Waals surface area contributed by atoms with Crippen molar-refractivity contribution in [3.8, 4) is 0 Å². The highest BCUT2D eigenvalue weighted by Crippen LogP contribution is 2.40. The van der Waals surface area contributed by atoms with Gasteiger partial charge in [-0.1, -0.05) is 11.6 Å². The molecule has 2 aliphatic heterocycles. The van der Waals surface area contributed by atoms with Gasteiger partial charge >= 0.3 is 0 Å². The van der Waals surface area contributed by atoms with Crippen LogP contribution in [0.4, 0.5) is 0 Å². The van der Waals surface area contributed by atoms with Crippen LogP contribution in [0.3, 0.4) is 0 Å². The van der Waals surface area contributed by atoms with Crippen LogP contribution in [0.1, 0.15) is 35.6 Å². The van der Waals surface area contributed by atoms with E-state index in [4.69, 9.17) is 21.3 Å². The molecule has 0 atom stereocenters. The number of halogens is 1. The van der Waals surface area contributed by atoms with Gasteiger partial charge in [0, 0.05) is 32.0 Å². The molecular weight excluding hydrogens is 324 g/mol. The number of likely N-dealkylation sites (tertiary alicyclic amines) is 1. The molecule has 5 nitrogen and oxygen atoms in total. The monoisotopic (exact) mass is 344 g/mol. The minimum Gasteiger partial charge on any atom is -0.368 e. The van der Waals surface area contributed by atoms with Crippen LogP contribution in [0.2, 0.25) is 5.02 Å². The summed E-state index contributed by atoms with van der Waals surface area (Å²) in [4.78, 5) is 15.9. The molecule has 0 aromatic carbocycles. The van der Waals surface area contributed by atoms with Crippen molar-refractivity contribution in [2.75, 3.05) is 19.7 Å².